The summed E-state index contributed by atoms with van der Waals surface area (Å²) >= 11 is 0. The van der Waals surface area contributed by atoms with Gasteiger partial charge in [-0.05, 0) is 62.7 Å². The monoisotopic (exact) mass is 573 g/mol. The maximum atomic E-state index is 13.0. The summed E-state index contributed by atoms with van der Waals surface area (Å²) < 4.78 is 29.7. The molecule has 1 unspecified atom stereocenters. The van der Waals surface area contributed by atoms with E-state index in [1.807, 2.05) is 34.9 Å². The lowest BCUT2D eigenvalue weighted by Crippen LogP contribution is -2.44. The van der Waals surface area contributed by atoms with Crippen molar-refractivity contribution in [3.63, 3.8) is 0 Å². The van der Waals surface area contributed by atoms with E-state index >= 15 is 0 Å². The SMILES string of the molecule is CN1CCN(c2ccc(Nc3ncc4nc(Nc5ccccc5)n(C5CCN(S(=O)(=O)C6CC6)C5)c4n3)cc2)CC1. The number of nitrogens with one attached hydrogen (secondary N) is 2. The highest BCUT2D eigenvalue weighted by Crippen LogP contribution is 2.37. The second kappa shape index (κ2) is 10.6. The van der Waals surface area contributed by atoms with Crippen LogP contribution >= 0.6 is 0 Å². The maximum absolute atomic E-state index is 13.0. The largest absolute Gasteiger partial charge is 0.369 e. The summed E-state index contributed by atoms with van der Waals surface area (Å²) in [5.74, 6) is 1.10. The van der Waals surface area contributed by atoms with Crippen molar-refractivity contribution in [2.24, 2.45) is 0 Å². The normalized spacial score (nSPS) is 20.5. The Bertz CT molecular complexity index is 1630. The van der Waals surface area contributed by atoms with Crippen LogP contribution in [0.5, 0.6) is 0 Å². The molecule has 4 heterocycles. The number of aromatic nitrogens is 4. The summed E-state index contributed by atoms with van der Waals surface area (Å²) in [7, 11) is -1.09. The van der Waals surface area contributed by atoms with Gasteiger partial charge in [-0.3, -0.25) is 4.57 Å². The highest BCUT2D eigenvalue weighted by molar-refractivity contribution is 7.90. The number of sulfonamides is 1. The second-order valence-electron chi connectivity index (χ2n) is 11.2. The molecule has 214 valence electrons. The zero-order valence-corrected chi connectivity index (χ0v) is 24.0. The molecule has 3 fully saturated rings. The molecule has 3 aliphatic rings. The molecular weight excluding hydrogens is 538 g/mol. The molecule has 2 N–H and O–H groups in total. The van der Waals surface area contributed by atoms with E-state index in [0.717, 1.165) is 50.4 Å². The molecule has 0 radical (unpaired) electrons. The number of hydrogen-bond acceptors (Lipinski definition) is 9. The van der Waals surface area contributed by atoms with E-state index in [-0.39, 0.29) is 11.3 Å². The Labute approximate surface area is 240 Å². The number of nitrogens with zero attached hydrogens (tertiary/aromatic N) is 7. The number of hydrogen-bond donors (Lipinski definition) is 2. The van der Waals surface area contributed by atoms with Crippen LogP contribution in [0.25, 0.3) is 11.2 Å². The number of imidazole rings is 1. The fourth-order valence-electron chi connectivity index (χ4n) is 5.71. The van der Waals surface area contributed by atoms with Crippen LogP contribution in [-0.4, -0.2) is 88.7 Å². The standard InChI is InChI=1S/C29H35N9O2S/c1-35-15-17-36(18-16-35)23-9-7-22(8-10-23)31-28-30-19-26-27(34-28)38(29(33-26)32-21-5-3-2-4-6-21)24-13-14-37(20-24)41(39,40)25-11-12-25/h2-10,19,24-25H,11-18,20H2,1H3,(H,32,33)(H,30,31,34). The summed E-state index contributed by atoms with van der Waals surface area (Å²) in [6.07, 6.45) is 3.94. The minimum absolute atomic E-state index is 0.0923. The Kier molecular flexibility index (Phi) is 6.76. The van der Waals surface area contributed by atoms with E-state index in [9.17, 15) is 8.42 Å². The number of piperazine rings is 1. The van der Waals surface area contributed by atoms with Crippen molar-refractivity contribution in [2.45, 2.75) is 30.6 Å². The molecule has 0 spiro atoms. The van der Waals surface area contributed by atoms with Gasteiger partial charge in [0.05, 0.1) is 17.5 Å². The van der Waals surface area contributed by atoms with E-state index in [1.165, 1.54) is 5.69 Å². The van der Waals surface area contributed by atoms with Crippen LogP contribution in [0.4, 0.5) is 29.0 Å². The Morgan fingerprint density at radius 2 is 1.56 bits per heavy atom. The number of likely N-dealkylation sites (N-methyl/N-ethyl adjacent to an activating group) is 1. The zero-order chi connectivity index (χ0) is 28.0. The molecule has 41 heavy (non-hydrogen) atoms. The van der Waals surface area contributed by atoms with Crippen molar-refractivity contribution >= 4 is 50.1 Å². The molecule has 1 aliphatic carbocycles. The summed E-state index contributed by atoms with van der Waals surface area (Å²) in [6.45, 7) is 5.08. The van der Waals surface area contributed by atoms with E-state index in [0.29, 0.717) is 42.6 Å². The number of fused-ring (bicyclic) bond motifs is 1. The fraction of sp³-hybridized carbons (Fsp3) is 0.414. The van der Waals surface area contributed by atoms with Gasteiger partial charge in [-0.1, -0.05) is 18.2 Å². The highest BCUT2D eigenvalue weighted by Gasteiger charge is 2.43. The summed E-state index contributed by atoms with van der Waals surface area (Å²) in [5.41, 5.74) is 4.34. The van der Waals surface area contributed by atoms with Crippen LogP contribution in [0.2, 0.25) is 0 Å². The van der Waals surface area contributed by atoms with Crippen molar-refractivity contribution < 1.29 is 8.42 Å². The molecular formula is C29H35N9O2S. The van der Waals surface area contributed by atoms with Gasteiger partial charge < -0.3 is 20.4 Å². The molecule has 1 saturated carbocycles. The van der Waals surface area contributed by atoms with Gasteiger partial charge in [0.15, 0.2) is 5.65 Å². The molecule has 0 amide bonds. The van der Waals surface area contributed by atoms with Crippen molar-refractivity contribution in [3.8, 4) is 0 Å². The van der Waals surface area contributed by atoms with Gasteiger partial charge in [0.1, 0.15) is 5.52 Å². The average molecular weight is 574 g/mol. The molecule has 1 atom stereocenters. The van der Waals surface area contributed by atoms with Crippen LogP contribution in [0.3, 0.4) is 0 Å². The Morgan fingerprint density at radius 1 is 0.829 bits per heavy atom. The van der Waals surface area contributed by atoms with E-state index in [2.05, 4.69) is 56.7 Å². The first-order valence-electron chi connectivity index (χ1n) is 14.3. The van der Waals surface area contributed by atoms with Gasteiger partial charge in [-0.2, -0.15) is 9.29 Å². The Balaban J connectivity index is 1.17. The first-order valence-corrected chi connectivity index (χ1v) is 15.8. The second-order valence-corrected chi connectivity index (χ2v) is 13.4. The first kappa shape index (κ1) is 26.2. The topological polar surface area (TPSA) is 112 Å². The average Bonchev–Trinajstić information content (AvgIpc) is 3.64. The minimum Gasteiger partial charge on any atom is -0.369 e. The lowest BCUT2D eigenvalue weighted by Gasteiger charge is -2.34. The van der Waals surface area contributed by atoms with Gasteiger partial charge in [0, 0.05) is 56.3 Å². The third-order valence-electron chi connectivity index (χ3n) is 8.25. The van der Waals surface area contributed by atoms with Gasteiger partial charge in [-0.15, -0.1) is 0 Å². The highest BCUT2D eigenvalue weighted by atomic mass is 32.2. The van der Waals surface area contributed by atoms with Gasteiger partial charge in [0.25, 0.3) is 0 Å². The molecule has 0 bridgehead atoms. The molecule has 12 heteroatoms. The van der Waals surface area contributed by atoms with Gasteiger partial charge in [-0.25, -0.2) is 18.4 Å². The first-order chi connectivity index (χ1) is 19.9. The molecule has 4 aromatic rings. The van der Waals surface area contributed by atoms with Crippen LogP contribution in [0.15, 0.2) is 60.8 Å². The van der Waals surface area contributed by atoms with Gasteiger partial charge in [0.2, 0.25) is 21.9 Å². The third-order valence-corrected chi connectivity index (χ3v) is 10.6. The molecule has 11 nitrogen and oxygen atoms in total. The van der Waals surface area contributed by atoms with Crippen LogP contribution in [0, 0.1) is 0 Å². The predicted molar refractivity (Wildman–Crippen MR) is 162 cm³/mol. The summed E-state index contributed by atoms with van der Waals surface area (Å²) in [6, 6.07) is 18.1. The number of benzene rings is 2. The van der Waals surface area contributed by atoms with Crippen molar-refractivity contribution in [3.05, 3.63) is 60.8 Å². The fourth-order valence-corrected chi connectivity index (χ4v) is 7.61. The number of para-hydroxylation sites is 1. The maximum Gasteiger partial charge on any atom is 0.229 e. The molecule has 2 aromatic heterocycles. The molecule has 2 aromatic carbocycles. The number of rotatable bonds is 8. The smallest absolute Gasteiger partial charge is 0.229 e. The van der Waals surface area contributed by atoms with Crippen LogP contribution < -0.4 is 15.5 Å². The van der Waals surface area contributed by atoms with E-state index < -0.39 is 10.0 Å². The molecule has 7 rings (SSSR count). The van der Waals surface area contributed by atoms with Crippen LogP contribution in [0.1, 0.15) is 25.3 Å². The van der Waals surface area contributed by atoms with Crippen molar-refractivity contribution in [2.75, 3.05) is 61.8 Å². The van der Waals surface area contributed by atoms with Crippen LogP contribution in [-0.2, 0) is 10.0 Å². The quantitative estimate of drug-likeness (QED) is 0.325. The predicted octanol–water partition coefficient (Wildman–Crippen LogP) is 3.80. The minimum atomic E-state index is -3.25. The van der Waals surface area contributed by atoms with E-state index in [1.54, 1.807) is 10.5 Å². The lowest BCUT2D eigenvalue weighted by atomic mass is 10.2. The van der Waals surface area contributed by atoms with Gasteiger partial charge >= 0.3 is 0 Å². The zero-order valence-electron chi connectivity index (χ0n) is 23.1. The van der Waals surface area contributed by atoms with Crippen molar-refractivity contribution in [1.29, 1.82) is 0 Å². The Morgan fingerprint density at radius 3 is 2.29 bits per heavy atom. The molecule has 2 aliphatic heterocycles. The summed E-state index contributed by atoms with van der Waals surface area (Å²) in [5, 5.41) is 6.56. The lowest BCUT2D eigenvalue weighted by molar-refractivity contribution is 0.313. The Hall–Kier alpha value is -3.74. The third kappa shape index (κ3) is 5.34. The van der Waals surface area contributed by atoms with E-state index in [4.69, 9.17) is 9.97 Å². The summed E-state index contributed by atoms with van der Waals surface area (Å²) in [4.78, 5) is 19.0. The molecule has 2 saturated heterocycles. The van der Waals surface area contributed by atoms with Crippen molar-refractivity contribution in [1.82, 2.24) is 28.7 Å². The number of anilines is 5.